The van der Waals surface area contributed by atoms with Gasteiger partial charge in [-0.1, -0.05) is 6.92 Å². The average molecular weight is 325 g/mol. The van der Waals surface area contributed by atoms with Crippen molar-refractivity contribution in [3.63, 3.8) is 0 Å². The largest absolute Gasteiger partial charge is 0.493 e. The van der Waals surface area contributed by atoms with Gasteiger partial charge in [-0.05, 0) is 18.3 Å². The van der Waals surface area contributed by atoms with Crippen LogP contribution in [0.25, 0.3) is 0 Å². The van der Waals surface area contributed by atoms with Gasteiger partial charge in [-0.15, -0.1) is 0 Å². The van der Waals surface area contributed by atoms with E-state index in [4.69, 9.17) is 18.9 Å². The van der Waals surface area contributed by atoms with Crippen LogP contribution in [0.5, 0.6) is 17.2 Å². The standard InChI is InChI=1S/C15H19NO7/c1-8-5-9(8)7-23-15(17)10-6-11(20-2)13(21-3)14(22-4)12(10)16(18)19/h6,8-9H,5,7H2,1-4H3/t8-,9-/m1/s1. The number of nitrogens with zero attached hydrogens (tertiary/aromatic N) is 1. The van der Waals surface area contributed by atoms with Crippen molar-refractivity contribution in [2.75, 3.05) is 27.9 Å². The Morgan fingerprint density at radius 2 is 1.87 bits per heavy atom. The topological polar surface area (TPSA) is 97.1 Å². The molecular formula is C15H19NO7. The molecule has 0 N–H and O–H groups in total. The molecule has 0 radical (unpaired) electrons. The lowest BCUT2D eigenvalue weighted by molar-refractivity contribution is -0.386. The number of rotatable bonds is 7. The second-order valence-electron chi connectivity index (χ2n) is 5.37. The summed E-state index contributed by atoms with van der Waals surface area (Å²) in [6.07, 6.45) is 0.991. The molecule has 1 aliphatic carbocycles. The molecular weight excluding hydrogens is 306 g/mol. The normalized spacial score (nSPS) is 19.0. The maximum atomic E-state index is 12.3. The van der Waals surface area contributed by atoms with Gasteiger partial charge in [-0.3, -0.25) is 10.1 Å². The highest BCUT2D eigenvalue weighted by molar-refractivity contribution is 5.97. The summed E-state index contributed by atoms with van der Waals surface area (Å²) in [5.41, 5.74) is -0.725. The molecule has 1 aliphatic rings. The molecule has 126 valence electrons. The summed E-state index contributed by atoms with van der Waals surface area (Å²) in [4.78, 5) is 23.0. The summed E-state index contributed by atoms with van der Waals surface area (Å²) in [6.45, 7) is 2.30. The SMILES string of the molecule is COc1cc(C(=O)OC[C@H]2C[C@H]2C)c([N+](=O)[O-])c(OC)c1OC. The number of carbonyl (C=O) groups excluding carboxylic acids is 1. The summed E-state index contributed by atoms with van der Waals surface area (Å²) in [6, 6.07) is 1.23. The third-order valence-electron chi connectivity index (χ3n) is 3.91. The van der Waals surface area contributed by atoms with Gasteiger partial charge in [-0.25, -0.2) is 4.79 Å². The monoisotopic (exact) mass is 325 g/mol. The molecule has 0 aliphatic heterocycles. The highest BCUT2D eigenvalue weighted by Gasteiger charge is 2.36. The minimum absolute atomic E-state index is 0.0501. The molecule has 1 fully saturated rings. The van der Waals surface area contributed by atoms with Gasteiger partial charge in [0.05, 0.1) is 32.9 Å². The van der Waals surface area contributed by atoms with Crippen molar-refractivity contribution in [2.24, 2.45) is 11.8 Å². The molecule has 0 spiro atoms. The van der Waals surface area contributed by atoms with Gasteiger partial charge in [0, 0.05) is 6.07 Å². The predicted molar refractivity (Wildman–Crippen MR) is 80.3 cm³/mol. The third-order valence-corrected chi connectivity index (χ3v) is 3.91. The van der Waals surface area contributed by atoms with Gasteiger partial charge < -0.3 is 18.9 Å². The Labute approximate surface area is 133 Å². The Morgan fingerprint density at radius 3 is 2.30 bits per heavy atom. The maximum Gasteiger partial charge on any atom is 0.345 e. The van der Waals surface area contributed by atoms with Crippen LogP contribution >= 0.6 is 0 Å². The van der Waals surface area contributed by atoms with E-state index in [9.17, 15) is 14.9 Å². The Bertz CT molecular complexity index is 629. The molecule has 0 bridgehead atoms. The predicted octanol–water partition coefficient (Wildman–Crippen LogP) is 2.43. The van der Waals surface area contributed by atoms with Crippen molar-refractivity contribution >= 4 is 11.7 Å². The second kappa shape index (κ2) is 6.72. The molecule has 2 atom stereocenters. The number of nitro benzene ring substituents is 1. The van der Waals surface area contributed by atoms with E-state index < -0.39 is 16.6 Å². The number of benzene rings is 1. The van der Waals surface area contributed by atoms with E-state index in [1.54, 1.807) is 0 Å². The van der Waals surface area contributed by atoms with Gasteiger partial charge in [-0.2, -0.15) is 0 Å². The van der Waals surface area contributed by atoms with E-state index in [1.165, 1.54) is 27.4 Å². The summed E-state index contributed by atoms with van der Waals surface area (Å²) in [5, 5.41) is 11.4. The van der Waals surface area contributed by atoms with Crippen LogP contribution in [0.2, 0.25) is 0 Å². The first-order valence-electron chi connectivity index (χ1n) is 7.09. The van der Waals surface area contributed by atoms with Crippen molar-refractivity contribution in [3.05, 3.63) is 21.7 Å². The Hall–Kier alpha value is -2.51. The molecule has 1 aromatic carbocycles. The van der Waals surface area contributed by atoms with Gasteiger partial charge in [0.15, 0.2) is 5.75 Å². The van der Waals surface area contributed by atoms with E-state index in [2.05, 4.69) is 6.92 Å². The molecule has 0 aromatic heterocycles. The zero-order valence-corrected chi connectivity index (χ0v) is 13.5. The lowest BCUT2D eigenvalue weighted by Crippen LogP contribution is -2.12. The number of ether oxygens (including phenoxy) is 4. The minimum Gasteiger partial charge on any atom is -0.493 e. The fraction of sp³-hybridized carbons (Fsp3) is 0.533. The Morgan fingerprint density at radius 1 is 1.26 bits per heavy atom. The summed E-state index contributed by atoms with van der Waals surface area (Å²) < 4.78 is 20.5. The van der Waals surface area contributed by atoms with E-state index in [-0.39, 0.29) is 29.4 Å². The number of methoxy groups -OCH3 is 3. The van der Waals surface area contributed by atoms with Crippen molar-refractivity contribution in [3.8, 4) is 17.2 Å². The summed E-state index contributed by atoms with van der Waals surface area (Å²) in [7, 11) is 3.95. The highest BCUT2D eigenvalue weighted by Crippen LogP contribution is 2.46. The van der Waals surface area contributed by atoms with E-state index >= 15 is 0 Å². The number of carbonyl (C=O) groups is 1. The van der Waals surface area contributed by atoms with Gasteiger partial charge in [0.1, 0.15) is 5.56 Å². The Balaban J connectivity index is 2.43. The van der Waals surface area contributed by atoms with E-state index in [1.807, 2.05) is 0 Å². The fourth-order valence-electron chi connectivity index (χ4n) is 2.37. The van der Waals surface area contributed by atoms with Crippen molar-refractivity contribution in [1.29, 1.82) is 0 Å². The van der Waals surface area contributed by atoms with Gasteiger partial charge >= 0.3 is 11.7 Å². The number of esters is 1. The Kier molecular flexibility index (Phi) is 4.92. The summed E-state index contributed by atoms with van der Waals surface area (Å²) in [5.74, 6) is 0.0761. The molecule has 1 saturated carbocycles. The van der Waals surface area contributed by atoms with Crippen LogP contribution in [-0.2, 0) is 4.74 Å². The first-order chi connectivity index (χ1) is 10.9. The van der Waals surface area contributed by atoms with Gasteiger partial charge in [0.25, 0.3) is 0 Å². The van der Waals surface area contributed by atoms with E-state index in [0.717, 1.165) is 6.42 Å². The molecule has 0 unspecified atom stereocenters. The fourth-order valence-corrected chi connectivity index (χ4v) is 2.37. The van der Waals surface area contributed by atoms with Crippen LogP contribution in [0.15, 0.2) is 6.07 Å². The van der Waals surface area contributed by atoms with Crippen LogP contribution in [0.1, 0.15) is 23.7 Å². The quantitative estimate of drug-likeness (QED) is 0.431. The first-order valence-corrected chi connectivity index (χ1v) is 7.09. The zero-order chi connectivity index (χ0) is 17.1. The molecule has 23 heavy (non-hydrogen) atoms. The van der Waals surface area contributed by atoms with Crippen LogP contribution in [0.4, 0.5) is 5.69 Å². The van der Waals surface area contributed by atoms with Crippen molar-refractivity contribution < 1.29 is 28.7 Å². The van der Waals surface area contributed by atoms with Crippen LogP contribution < -0.4 is 14.2 Å². The summed E-state index contributed by atoms with van der Waals surface area (Å²) >= 11 is 0. The molecule has 0 amide bonds. The van der Waals surface area contributed by atoms with Crippen molar-refractivity contribution in [1.82, 2.24) is 0 Å². The van der Waals surface area contributed by atoms with Crippen LogP contribution in [-0.4, -0.2) is 38.8 Å². The third kappa shape index (κ3) is 3.30. The zero-order valence-electron chi connectivity index (χ0n) is 13.5. The first kappa shape index (κ1) is 16.9. The highest BCUT2D eigenvalue weighted by atomic mass is 16.6. The maximum absolute atomic E-state index is 12.3. The molecule has 0 heterocycles. The molecule has 0 saturated heterocycles. The lowest BCUT2D eigenvalue weighted by atomic mass is 10.1. The smallest absolute Gasteiger partial charge is 0.345 e. The van der Waals surface area contributed by atoms with Crippen LogP contribution in [0.3, 0.4) is 0 Å². The second-order valence-corrected chi connectivity index (χ2v) is 5.37. The van der Waals surface area contributed by atoms with E-state index in [0.29, 0.717) is 11.8 Å². The van der Waals surface area contributed by atoms with Crippen LogP contribution in [0, 0.1) is 22.0 Å². The number of hydrogen-bond donors (Lipinski definition) is 0. The van der Waals surface area contributed by atoms with Gasteiger partial charge in [0.2, 0.25) is 11.5 Å². The lowest BCUT2D eigenvalue weighted by Gasteiger charge is -2.14. The molecule has 8 nitrogen and oxygen atoms in total. The van der Waals surface area contributed by atoms with Crippen molar-refractivity contribution in [2.45, 2.75) is 13.3 Å². The average Bonchev–Trinajstić information content (AvgIpc) is 3.25. The molecule has 2 rings (SSSR count). The number of hydrogen-bond acceptors (Lipinski definition) is 7. The minimum atomic E-state index is -0.782. The molecule has 8 heteroatoms. The molecule has 1 aromatic rings. The number of nitro groups is 1.